The number of carbonyl (C=O) groups excluding carboxylic acids is 1. The van der Waals surface area contributed by atoms with Gasteiger partial charge in [-0.15, -0.1) is 10.2 Å². The van der Waals surface area contributed by atoms with Gasteiger partial charge in [-0.25, -0.2) is 9.67 Å². The molecule has 3 aromatic heterocycles. The van der Waals surface area contributed by atoms with Gasteiger partial charge < -0.3 is 9.80 Å². The average molecular weight is 434 g/mol. The van der Waals surface area contributed by atoms with Crippen LogP contribution in [0.3, 0.4) is 0 Å². The van der Waals surface area contributed by atoms with Gasteiger partial charge in [-0.05, 0) is 42.7 Å². The molecule has 0 spiro atoms. The zero-order valence-electron chi connectivity index (χ0n) is 18.0. The first-order chi connectivity index (χ1) is 15.8. The quantitative estimate of drug-likeness (QED) is 0.588. The average Bonchev–Trinajstić information content (AvgIpc) is 3.40. The Morgan fingerprint density at radius 2 is 1.59 bits per heavy atom. The maximum atomic E-state index is 13.1. The van der Waals surface area contributed by atoms with E-state index in [1.54, 1.807) is 11.0 Å². The highest BCUT2D eigenvalue weighted by atomic mass is 16.2. The minimum atomic E-state index is 0.0976. The molecule has 0 atom stereocenters. The fourth-order valence-corrected chi connectivity index (χ4v) is 4.42. The molecular formula is C22H27N9O. The summed E-state index contributed by atoms with van der Waals surface area (Å²) in [5, 5.41) is 12.7. The fraction of sp³-hybridized carbons (Fsp3) is 0.455. The minimum absolute atomic E-state index is 0.0976. The van der Waals surface area contributed by atoms with E-state index < -0.39 is 0 Å². The van der Waals surface area contributed by atoms with Gasteiger partial charge in [0.15, 0.2) is 11.6 Å². The Morgan fingerprint density at radius 1 is 0.875 bits per heavy atom. The predicted molar refractivity (Wildman–Crippen MR) is 118 cm³/mol. The summed E-state index contributed by atoms with van der Waals surface area (Å²) < 4.78 is 1.58. The van der Waals surface area contributed by atoms with Gasteiger partial charge in [-0.2, -0.15) is 5.10 Å². The molecule has 166 valence electrons. The molecule has 5 heterocycles. The Bertz CT molecular complexity index is 994. The molecule has 5 rings (SSSR count). The number of amides is 1. The van der Waals surface area contributed by atoms with Crippen molar-refractivity contribution in [1.82, 2.24) is 39.7 Å². The van der Waals surface area contributed by atoms with Crippen LogP contribution in [0.25, 0.3) is 5.82 Å². The van der Waals surface area contributed by atoms with Crippen molar-refractivity contribution in [3.63, 3.8) is 0 Å². The second kappa shape index (κ2) is 9.39. The molecule has 0 bridgehead atoms. The summed E-state index contributed by atoms with van der Waals surface area (Å²) in [6, 6.07) is 7.95. The second-order valence-electron chi connectivity index (χ2n) is 8.31. The van der Waals surface area contributed by atoms with E-state index in [2.05, 4.69) is 52.1 Å². The Kier molecular flexibility index (Phi) is 6.02. The lowest BCUT2D eigenvalue weighted by Crippen LogP contribution is -2.51. The smallest absolute Gasteiger partial charge is 0.225 e. The number of piperazine rings is 1. The molecule has 0 N–H and O–H groups in total. The van der Waals surface area contributed by atoms with Crippen LogP contribution in [0.5, 0.6) is 0 Å². The van der Waals surface area contributed by atoms with Crippen LogP contribution in [-0.2, 0) is 11.3 Å². The number of pyridine rings is 1. The summed E-state index contributed by atoms with van der Waals surface area (Å²) in [6.07, 6.45) is 8.43. The Balaban J connectivity index is 1.09. The fourth-order valence-electron chi connectivity index (χ4n) is 4.42. The molecular weight excluding hydrogens is 406 g/mol. The van der Waals surface area contributed by atoms with Gasteiger partial charge in [0.1, 0.15) is 12.7 Å². The molecule has 2 saturated heterocycles. The van der Waals surface area contributed by atoms with Gasteiger partial charge in [0, 0.05) is 64.1 Å². The number of rotatable bonds is 5. The molecule has 0 aliphatic carbocycles. The van der Waals surface area contributed by atoms with Crippen molar-refractivity contribution in [1.29, 1.82) is 0 Å². The van der Waals surface area contributed by atoms with Crippen molar-refractivity contribution in [2.24, 2.45) is 5.92 Å². The second-order valence-corrected chi connectivity index (χ2v) is 8.31. The van der Waals surface area contributed by atoms with Crippen LogP contribution in [-0.4, -0.2) is 84.9 Å². The number of carbonyl (C=O) groups is 1. The molecule has 2 aliphatic rings. The van der Waals surface area contributed by atoms with E-state index in [1.165, 1.54) is 11.9 Å². The SMILES string of the molecule is O=C(C1CCN(c2ccc(-n3cncn3)nn2)CC1)N1CCN(Cc2ccncc2)CC1. The summed E-state index contributed by atoms with van der Waals surface area (Å²) in [4.78, 5) is 27.7. The lowest BCUT2D eigenvalue weighted by molar-refractivity contribution is -0.138. The number of anilines is 1. The van der Waals surface area contributed by atoms with Crippen LogP contribution in [0.1, 0.15) is 18.4 Å². The standard InChI is InChI=1S/C22H27N9O/c32-22(30-13-11-28(12-14-30)15-18-3-7-23-8-4-18)19-5-9-29(10-6-19)20-1-2-21(27-26-20)31-17-24-16-25-31/h1-4,7-8,16-17,19H,5-6,9-15H2. The Morgan fingerprint density at radius 3 is 2.25 bits per heavy atom. The first kappa shape index (κ1) is 20.5. The molecule has 0 aromatic carbocycles. The predicted octanol–water partition coefficient (Wildman–Crippen LogP) is 1.01. The summed E-state index contributed by atoms with van der Waals surface area (Å²) in [7, 11) is 0. The van der Waals surface area contributed by atoms with E-state index in [4.69, 9.17) is 0 Å². The molecule has 2 aliphatic heterocycles. The zero-order valence-corrected chi connectivity index (χ0v) is 18.0. The maximum Gasteiger partial charge on any atom is 0.225 e. The van der Waals surface area contributed by atoms with E-state index in [9.17, 15) is 4.79 Å². The summed E-state index contributed by atoms with van der Waals surface area (Å²) in [6.45, 7) is 5.99. The van der Waals surface area contributed by atoms with Crippen molar-refractivity contribution in [2.45, 2.75) is 19.4 Å². The van der Waals surface area contributed by atoms with Crippen molar-refractivity contribution < 1.29 is 4.79 Å². The third-order valence-corrected chi connectivity index (χ3v) is 6.30. The van der Waals surface area contributed by atoms with Crippen LogP contribution < -0.4 is 4.90 Å². The van der Waals surface area contributed by atoms with Crippen molar-refractivity contribution >= 4 is 11.7 Å². The van der Waals surface area contributed by atoms with E-state index in [1.807, 2.05) is 24.5 Å². The molecule has 32 heavy (non-hydrogen) atoms. The minimum Gasteiger partial charge on any atom is -0.355 e. The number of nitrogens with zero attached hydrogens (tertiary/aromatic N) is 9. The monoisotopic (exact) mass is 433 g/mol. The first-order valence-electron chi connectivity index (χ1n) is 11.1. The summed E-state index contributed by atoms with van der Waals surface area (Å²) in [5.74, 6) is 1.88. The van der Waals surface area contributed by atoms with Crippen molar-refractivity contribution in [2.75, 3.05) is 44.2 Å². The van der Waals surface area contributed by atoms with Gasteiger partial charge in [0.05, 0.1) is 0 Å². The highest BCUT2D eigenvalue weighted by molar-refractivity contribution is 5.79. The van der Waals surface area contributed by atoms with Crippen LogP contribution in [0.2, 0.25) is 0 Å². The first-order valence-corrected chi connectivity index (χ1v) is 11.1. The summed E-state index contributed by atoms with van der Waals surface area (Å²) in [5.41, 5.74) is 1.27. The maximum absolute atomic E-state index is 13.1. The molecule has 10 heteroatoms. The molecule has 3 aromatic rings. The third-order valence-electron chi connectivity index (χ3n) is 6.30. The van der Waals surface area contributed by atoms with E-state index in [0.29, 0.717) is 11.7 Å². The Hall–Kier alpha value is -3.40. The van der Waals surface area contributed by atoms with Crippen LogP contribution >= 0.6 is 0 Å². The van der Waals surface area contributed by atoms with Gasteiger partial charge in [-0.3, -0.25) is 14.7 Å². The van der Waals surface area contributed by atoms with Gasteiger partial charge in [-0.1, -0.05) is 0 Å². The van der Waals surface area contributed by atoms with Crippen LogP contribution in [0.15, 0.2) is 49.3 Å². The molecule has 2 fully saturated rings. The van der Waals surface area contributed by atoms with E-state index >= 15 is 0 Å². The molecule has 0 saturated carbocycles. The summed E-state index contributed by atoms with van der Waals surface area (Å²) >= 11 is 0. The Labute approximate surface area is 186 Å². The number of piperidine rings is 1. The molecule has 0 radical (unpaired) electrons. The number of aromatic nitrogens is 6. The zero-order chi connectivity index (χ0) is 21.8. The van der Waals surface area contributed by atoms with Crippen molar-refractivity contribution in [3.05, 3.63) is 54.9 Å². The van der Waals surface area contributed by atoms with Crippen molar-refractivity contribution in [3.8, 4) is 5.82 Å². The largest absolute Gasteiger partial charge is 0.355 e. The van der Waals surface area contributed by atoms with Gasteiger partial charge >= 0.3 is 0 Å². The lowest BCUT2D eigenvalue weighted by atomic mass is 9.95. The number of hydrogen-bond donors (Lipinski definition) is 0. The highest BCUT2D eigenvalue weighted by Gasteiger charge is 2.30. The van der Waals surface area contributed by atoms with Gasteiger partial charge in [0.2, 0.25) is 5.91 Å². The highest BCUT2D eigenvalue weighted by Crippen LogP contribution is 2.24. The van der Waals surface area contributed by atoms with E-state index in [0.717, 1.165) is 64.5 Å². The van der Waals surface area contributed by atoms with Gasteiger partial charge in [0.25, 0.3) is 0 Å². The molecule has 1 amide bonds. The van der Waals surface area contributed by atoms with E-state index in [-0.39, 0.29) is 5.92 Å². The molecule has 10 nitrogen and oxygen atoms in total. The number of hydrogen-bond acceptors (Lipinski definition) is 8. The topological polar surface area (TPSA) is 96.2 Å². The normalized spacial score (nSPS) is 18.1. The third kappa shape index (κ3) is 4.59. The van der Waals surface area contributed by atoms with Crippen LogP contribution in [0, 0.1) is 5.92 Å². The lowest BCUT2D eigenvalue weighted by Gasteiger charge is -2.38. The molecule has 0 unspecified atom stereocenters. The van der Waals surface area contributed by atoms with Crippen LogP contribution in [0.4, 0.5) is 5.82 Å².